The minimum absolute atomic E-state index is 0.0997. The summed E-state index contributed by atoms with van der Waals surface area (Å²) in [7, 11) is 0. The maximum absolute atomic E-state index is 12.4. The van der Waals surface area contributed by atoms with Crippen molar-refractivity contribution in [1.29, 1.82) is 0 Å². The number of carbonyl (C=O) groups excluding carboxylic acids is 1. The minimum Gasteiger partial charge on any atom is -0.457 e. The number of hydrogen-bond acceptors (Lipinski definition) is 6. The third-order valence-corrected chi connectivity index (χ3v) is 5.79. The fourth-order valence-corrected chi connectivity index (χ4v) is 4.03. The smallest absolute Gasteiger partial charge is 0.270 e. The Morgan fingerprint density at radius 3 is 2.71 bits per heavy atom. The van der Waals surface area contributed by atoms with Crippen molar-refractivity contribution in [3.05, 3.63) is 85.5 Å². The highest BCUT2D eigenvalue weighted by molar-refractivity contribution is 8.18. The van der Waals surface area contributed by atoms with Crippen molar-refractivity contribution >= 4 is 51.9 Å². The van der Waals surface area contributed by atoms with Gasteiger partial charge in [0.25, 0.3) is 11.6 Å². The van der Waals surface area contributed by atoms with Crippen LogP contribution in [0.25, 0.3) is 17.4 Å². The van der Waals surface area contributed by atoms with Crippen molar-refractivity contribution in [2.75, 3.05) is 0 Å². The monoisotopic (exact) mass is 453 g/mol. The van der Waals surface area contributed by atoms with Crippen LogP contribution in [0.5, 0.6) is 0 Å². The Hall–Kier alpha value is -3.36. The van der Waals surface area contributed by atoms with Crippen LogP contribution in [0.2, 0.25) is 5.02 Å². The first kappa shape index (κ1) is 20.9. The van der Waals surface area contributed by atoms with E-state index >= 15 is 0 Å². The van der Waals surface area contributed by atoms with E-state index in [0.717, 1.165) is 16.8 Å². The number of nitro benzene ring substituents is 1. The molecule has 1 aliphatic rings. The van der Waals surface area contributed by atoms with Gasteiger partial charge in [0.15, 0.2) is 5.17 Å². The minimum atomic E-state index is -0.513. The molecule has 31 heavy (non-hydrogen) atoms. The van der Waals surface area contributed by atoms with Gasteiger partial charge in [0, 0.05) is 23.8 Å². The summed E-state index contributed by atoms with van der Waals surface area (Å²) in [6, 6.07) is 13.5. The zero-order chi connectivity index (χ0) is 22.1. The molecule has 4 rings (SSSR count). The zero-order valence-electron chi connectivity index (χ0n) is 16.5. The Morgan fingerprint density at radius 2 is 1.97 bits per heavy atom. The molecule has 0 aliphatic carbocycles. The van der Waals surface area contributed by atoms with Gasteiger partial charge in [-0.25, -0.2) is 4.99 Å². The highest BCUT2D eigenvalue weighted by Crippen LogP contribution is 2.34. The summed E-state index contributed by atoms with van der Waals surface area (Å²) in [6.45, 7) is 3.95. The average molecular weight is 454 g/mol. The maximum atomic E-state index is 12.4. The molecule has 0 unspecified atom stereocenters. The Kier molecular flexibility index (Phi) is 5.67. The molecule has 0 saturated carbocycles. The first-order chi connectivity index (χ1) is 14.8. The van der Waals surface area contributed by atoms with Gasteiger partial charge in [0.2, 0.25) is 0 Å². The maximum Gasteiger partial charge on any atom is 0.270 e. The molecular formula is C22H16ClN3O4S. The SMILES string of the molecule is Cc1ccc(C)c(N=C2NC(=O)/C(=C\c3ccc(-c4ccc([N+](=O)[O-])cc4Cl)o3)S2)c1. The van der Waals surface area contributed by atoms with Crippen LogP contribution in [0.3, 0.4) is 0 Å². The Balaban J connectivity index is 1.57. The van der Waals surface area contributed by atoms with Crippen LogP contribution in [0, 0.1) is 24.0 Å². The number of benzene rings is 2. The predicted molar refractivity (Wildman–Crippen MR) is 123 cm³/mol. The molecule has 3 aromatic rings. The van der Waals surface area contributed by atoms with Gasteiger partial charge in [-0.2, -0.15) is 0 Å². The number of hydrogen-bond donors (Lipinski definition) is 1. The van der Waals surface area contributed by atoms with E-state index in [1.807, 2.05) is 32.0 Å². The van der Waals surface area contributed by atoms with E-state index in [0.29, 0.717) is 27.2 Å². The molecule has 2 heterocycles. The molecule has 1 aliphatic heterocycles. The van der Waals surface area contributed by atoms with Gasteiger partial charge in [-0.1, -0.05) is 23.7 Å². The third kappa shape index (κ3) is 4.55. The fourth-order valence-electron chi connectivity index (χ4n) is 2.95. The molecule has 1 fully saturated rings. The number of thioether (sulfide) groups is 1. The fraction of sp³-hybridized carbons (Fsp3) is 0.0909. The molecule has 2 aromatic carbocycles. The van der Waals surface area contributed by atoms with Crippen molar-refractivity contribution in [2.24, 2.45) is 4.99 Å². The topological polar surface area (TPSA) is 97.7 Å². The predicted octanol–water partition coefficient (Wildman–Crippen LogP) is 6.02. The van der Waals surface area contributed by atoms with Gasteiger partial charge in [-0.15, -0.1) is 0 Å². The number of amidine groups is 1. The van der Waals surface area contributed by atoms with E-state index in [4.69, 9.17) is 16.0 Å². The highest BCUT2D eigenvalue weighted by atomic mass is 35.5. The lowest BCUT2D eigenvalue weighted by Crippen LogP contribution is -2.19. The number of halogens is 1. The molecule has 1 saturated heterocycles. The van der Waals surface area contributed by atoms with E-state index < -0.39 is 4.92 Å². The van der Waals surface area contributed by atoms with Gasteiger partial charge < -0.3 is 9.73 Å². The van der Waals surface area contributed by atoms with Crippen LogP contribution in [0.1, 0.15) is 16.9 Å². The molecule has 0 radical (unpaired) electrons. The largest absolute Gasteiger partial charge is 0.457 e. The van der Waals surface area contributed by atoms with Crippen molar-refractivity contribution in [3.63, 3.8) is 0 Å². The number of carbonyl (C=O) groups is 1. The molecule has 9 heteroatoms. The van der Waals surface area contributed by atoms with E-state index in [-0.39, 0.29) is 16.6 Å². The second-order valence-corrected chi connectivity index (χ2v) is 8.33. The van der Waals surface area contributed by atoms with Crippen molar-refractivity contribution in [2.45, 2.75) is 13.8 Å². The van der Waals surface area contributed by atoms with Gasteiger partial charge in [0.05, 0.1) is 20.5 Å². The summed E-state index contributed by atoms with van der Waals surface area (Å²) in [5.74, 6) is 0.634. The second kappa shape index (κ2) is 8.41. The van der Waals surface area contributed by atoms with Gasteiger partial charge >= 0.3 is 0 Å². The van der Waals surface area contributed by atoms with E-state index in [2.05, 4.69) is 10.3 Å². The quantitative estimate of drug-likeness (QED) is 0.296. The Morgan fingerprint density at radius 1 is 1.16 bits per heavy atom. The van der Waals surface area contributed by atoms with Crippen LogP contribution in [0.4, 0.5) is 11.4 Å². The van der Waals surface area contributed by atoms with Crippen LogP contribution < -0.4 is 5.32 Å². The van der Waals surface area contributed by atoms with Gasteiger partial charge in [-0.05, 0) is 61.0 Å². The average Bonchev–Trinajstić information content (AvgIpc) is 3.31. The lowest BCUT2D eigenvalue weighted by atomic mass is 10.1. The highest BCUT2D eigenvalue weighted by Gasteiger charge is 2.24. The molecular weight excluding hydrogens is 438 g/mol. The Labute approximate surface area is 187 Å². The summed E-state index contributed by atoms with van der Waals surface area (Å²) in [4.78, 5) is 27.7. The number of aryl methyl sites for hydroxylation is 2. The lowest BCUT2D eigenvalue weighted by Gasteiger charge is -2.02. The molecule has 156 valence electrons. The molecule has 0 atom stereocenters. The molecule has 1 N–H and O–H groups in total. The summed E-state index contributed by atoms with van der Waals surface area (Å²) >= 11 is 7.39. The number of amides is 1. The van der Waals surface area contributed by atoms with Crippen molar-refractivity contribution in [3.8, 4) is 11.3 Å². The number of non-ortho nitro benzene ring substituents is 1. The zero-order valence-corrected chi connectivity index (χ0v) is 18.1. The van der Waals surface area contributed by atoms with E-state index in [1.54, 1.807) is 18.2 Å². The number of nitrogens with zero attached hydrogens (tertiary/aromatic N) is 2. The summed E-state index contributed by atoms with van der Waals surface area (Å²) in [5, 5.41) is 14.3. The van der Waals surface area contributed by atoms with Crippen molar-refractivity contribution in [1.82, 2.24) is 5.32 Å². The molecule has 1 aromatic heterocycles. The van der Waals surface area contributed by atoms with Crippen LogP contribution in [0.15, 0.2) is 62.8 Å². The van der Waals surface area contributed by atoms with E-state index in [9.17, 15) is 14.9 Å². The number of nitrogens with one attached hydrogen (secondary N) is 1. The Bertz CT molecular complexity index is 1280. The normalized spacial score (nSPS) is 16.2. The first-order valence-electron chi connectivity index (χ1n) is 9.21. The second-order valence-electron chi connectivity index (χ2n) is 6.89. The molecule has 7 nitrogen and oxygen atoms in total. The first-order valence-corrected chi connectivity index (χ1v) is 10.4. The molecule has 1 amide bonds. The summed E-state index contributed by atoms with van der Waals surface area (Å²) in [6.07, 6.45) is 1.62. The molecule has 0 spiro atoms. The number of aliphatic imine (C=N–C) groups is 1. The molecule has 0 bridgehead atoms. The van der Waals surface area contributed by atoms with E-state index in [1.165, 1.54) is 30.0 Å². The van der Waals surface area contributed by atoms with Crippen LogP contribution in [-0.4, -0.2) is 16.0 Å². The number of rotatable bonds is 4. The number of nitro groups is 1. The van der Waals surface area contributed by atoms with Crippen LogP contribution in [-0.2, 0) is 4.79 Å². The summed E-state index contributed by atoms with van der Waals surface area (Å²) in [5.41, 5.74) is 3.33. The third-order valence-electron chi connectivity index (χ3n) is 4.57. The van der Waals surface area contributed by atoms with Gasteiger partial charge in [-0.3, -0.25) is 14.9 Å². The van der Waals surface area contributed by atoms with Crippen molar-refractivity contribution < 1.29 is 14.1 Å². The standard InChI is InChI=1S/C22H16ClN3O4S/c1-12-3-4-13(2)18(9-12)24-22-25-21(27)20(31-22)11-15-6-8-19(30-15)16-7-5-14(26(28)29)10-17(16)23/h3-11H,1-2H3,(H,24,25,27)/b20-11+. The van der Waals surface area contributed by atoms with Gasteiger partial charge in [0.1, 0.15) is 11.5 Å². The summed E-state index contributed by atoms with van der Waals surface area (Å²) < 4.78 is 5.79. The van der Waals surface area contributed by atoms with Crippen LogP contribution >= 0.6 is 23.4 Å². The lowest BCUT2D eigenvalue weighted by molar-refractivity contribution is -0.384. The number of furan rings is 1.